The number of hydrogen-bond donors (Lipinski definition) is 2. The Morgan fingerprint density at radius 2 is 2.13 bits per heavy atom. The fourth-order valence-corrected chi connectivity index (χ4v) is 3.20. The normalized spacial score (nSPS) is 19.8. The minimum absolute atomic E-state index is 0. The first kappa shape index (κ1) is 20.0. The molecule has 7 heteroatoms. The molecule has 23 heavy (non-hydrogen) atoms. The minimum atomic E-state index is 0. The van der Waals surface area contributed by atoms with Crippen molar-refractivity contribution in [3.63, 3.8) is 0 Å². The molecule has 1 aromatic heterocycles. The molecule has 2 fully saturated rings. The van der Waals surface area contributed by atoms with Gasteiger partial charge in [-0.25, -0.2) is 4.98 Å². The third kappa shape index (κ3) is 5.23. The number of anilines is 1. The number of carbonyl (C=O) groups is 1. The molecule has 0 saturated carbocycles. The maximum Gasteiger partial charge on any atom is 0.255 e. The van der Waals surface area contributed by atoms with Crippen LogP contribution in [-0.2, 0) is 0 Å². The predicted octanol–water partition coefficient (Wildman–Crippen LogP) is 2.25. The molecular weight excluding hydrogens is 335 g/mol. The molecule has 1 atom stereocenters. The van der Waals surface area contributed by atoms with Crippen LogP contribution >= 0.6 is 24.8 Å². The lowest BCUT2D eigenvalue weighted by atomic mass is 10.1. The average molecular weight is 361 g/mol. The largest absolute Gasteiger partial charge is 0.356 e. The van der Waals surface area contributed by atoms with E-state index in [1.807, 2.05) is 12.1 Å². The Labute approximate surface area is 150 Å². The summed E-state index contributed by atoms with van der Waals surface area (Å²) in [5.74, 6) is 1.56. The first-order chi connectivity index (χ1) is 10.3. The van der Waals surface area contributed by atoms with E-state index in [1.165, 1.54) is 19.3 Å². The summed E-state index contributed by atoms with van der Waals surface area (Å²) in [5.41, 5.74) is 0.712. The van der Waals surface area contributed by atoms with Gasteiger partial charge in [-0.3, -0.25) is 4.79 Å². The molecule has 2 saturated heterocycles. The highest BCUT2D eigenvalue weighted by atomic mass is 35.5. The van der Waals surface area contributed by atoms with Crippen molar-refractivity contribution in [1.82, 2.24) is 15.6 Å². The van der Waals surface area contributed by atoms with Crippen LogP contribution < -0.4 is 15.5 Å². The molecule has 1 aromatic rings. The zero-order valence-corrected chi connectivity index (χ0v) is 14.9. The number of nitrogens with one attached hydrogen (secondary N) is 2. The van der Waals surface area contributed by atoms with Gasteiger partial charge < -0.3 is 15.5 Å². The van der Waals surface area contributed by atoms with E-state index < -0.39 is 0 Å². The zero-order chi connectivity index (χ0) is 14.5. The van der Waals surface area contributed by atoms with Crippen LogP contribution in [0.5, 0.6) is 0 Å². The van der Waals surface area contributed by atoms with E-state index in [-0.39, 0.29) is 30.7 Å². The van der Waals surface area contributed by atoms with Gasteiger partial charge in [0.25, 0.3) is 5.91 Å². The Kier molecular flexibility index (Phi) is 8.66. The van der Waals surface area contributed by atoms with E-state index in [9.17, 15) is 4.79 Å². The highest BCUT2D eigenvalue weighted by Crippen LogP contribution is 2.21. The Morgan fingerprint density at radius 1 is 1.35 bits per heavy atom. The number of hydrogen-bond acceptors (Lipinski definition) is 4. The van der Waals surface area contributed by atoms with Crippen LogP contribution in [0.25, 0.3) is 0 Å². The van der Waals surface area contributed by atoms with Gasteiger partial charge in [-0.15, -0.1) is 24.8 Å². The van der Waals surface area contributed by atoms with Crippen LogP contribution in [-0.4, -0.2) is 43.6 Å². The van der Waals surface area contributed by atoms with Crippen molar-refractivity contribution in [3.05, 3.63) is 23.9 Å². The summed E-state index contributed by atoms with van der Waals surface area (Å²) >= 11 is 0. The smallest absolute Gasteiger partial charge is 0.255 e. The van der Waals surface area contributed by atoms with Gasteiger partial charge in [0.05, 0.1) is 5.56 Å². The van der Waals surface area contributed by atoms with Crippen LogP contribution in [0.15, 0.2) is 18.3 Å². The average Bonchev–Trinajstić information content (AvgIpc) is 3.20. The van der Waals surface area contributed by atoms with Crippen LogP contribution in [0.3, 0.4) is 0 Å². The fraction of sp³-hybridized carbons (Fsp3) is 0.625. The summed E-state index contributed by atoms with van der Waals surface area (Å²) in [6, 6.07) is 3.72. The van der Waals surface area contributed by atoms with Gasteiger partial charge in [0.1, 0.15) is 5.82 Å². The number of pyridine rings is 1. The van der Waals surface area contributed by atoms with Crippen molar-refractivity contribution >= 4 is 36.5 Å². The molecule has 0 spiro atoms. The van der Waals surface area contributed by atoms with Crippen molar-refractivity contribution in [2.45, 2.75) is 25.7 Å². The number of rotatable bonds is 5. The van der Waals surface area contributed by atoms with Gasteiger partial charge in [-0.2, -0.15) is 0 Å². The topological polar surface area (TPSA) is 57.3 Å². The maximum absolute atomic E-state index is 12.4. The monoisotopic (exact) mass is 360 g/mol. The fourth-order valence-electron chi connectivity index (χ4n) is 3.20. The summed E-state index contributed by atoms with van der Waals surface area (Å²) in [4.78, 5) is 19.0. The highest BCUT2D eigenvalue weighted by Gasteiger charge is 2.20. The SMILES string of the molecule is Cl.Cl.O=C(NCCC1CCNC1)c1cccnc1N1CCCC1. The highest BCUT2D eigenvalue weighted by molar-refractivity contribution is 5.98. The molecule has 0 radical (unpaired) electrons. The van der Waals surface area contributed by atoms with E-state index in [4.69, 9.17) is 0 Å². The van der Waals surface area contributed by atoms with Crippen molar-refractivity contribution in [3.8, 4) is 0 Å². The van der Waals surface area contributed by atoms with Gasteiger partial charge in [-0.1, -0.05) is 0 Å². The number of amides is 1. The summed E-state index contributed by atoms with van der Waals surface area (Å²) in [7, 11) is 0. The Morgan fingerprint density at radius 3 is 2.83 bits per heavy atom. The maximum atomic E-state index is 12.4. The van der Waals surface area contributed by atoms with Crippen molar-refractivity contribution in [1.29, 1.82) is 0 Å². The van der Waals surface area contributed by atoms with E-state index in [0.29, 0.717) is 11.5 Å². The standard InChI is InChI=1S/C16H24N4O.2ClH/c21-16(19-9-6-13-5-8-17-12-13)14-4-3-7-18-15(14)20-10-1-2-11-20;;/h3-4,7,13,17H,1-2,5-6,8-12H2,(H,19,21);2*1H. The minimum Gasteiger partial charge on any atom is -0.356 e. The number of carbonyl (C=O) groups excluding carboxylic acids is 1. The van der Waals surface area contributed by atoms with Gasteiger partial charge >= 0.3 is 0 Å². The first-order valence-electron chi connectivity index (χ1n) is 8.03. The molecule has 130 valence electrons. The summed E-state index contributed by atoms with van der Waals surface area (Å²) < 4.78 is 0. The third-order valence-corrected chi connectivity index (χ3v) is 4.44. The second kappa shape index (κ2) is 9.96. The Hall–Kier alpha value is -1.04. The lowest BCUT2D eigenvalue weighted by molar-refractivity contribution is 0.0952. The molecule has 0 bridgehead atoms. The van der Waals surface area contributed by atoms with Gasteiger partial charge in [0, 0.05) is 25.8 Å². The van der Waals surface area contributed by atoms with Crippen molar-refractivity contribution in [2.24, 2.45) is 5.92 Å². The molecule has 0 aliphatic carbocycles. The summed E-state index contributed by atoms with van der Waals surface area (Å²) in [5, 5.41) is 6.42. The lowest BCUT2D eigenvalue weighted by Crippen LogP contribution is -2.29. The number of nitrogens with zero attached hydrogens (tertiary/aromatic N) is 2. The molecular formula is C16H26Cl2N4O. The second-order valence-electron chi connectivity index (χ2n) is 5.97. The molecule has 5 nitrogen and oxygen atoms in total. The summed E-state index contributed by atoms with van der Waals surface area (Å²) in [6.07, 6.45) is 6.42. The molecule has 2 aliphatic heterocycles. The van der Waals surface area contributed by atoms with E-state index in [0.717, 1.165) is 45.0 Å². The van der Waals surface area contributed by atoms with Crippen LogP contribution in [0.4, 0.5) is 5.82 Å². The second-order valence-corrected chi connectivity index (χ2v) is 5.97. The molecule has 2 N–H and O–H groups in total. The van der Waals surface area contributed by atoms with Crippen LogP contribution in [0, 0.1) is 5.92 Å². The molecule has 1 amide bonds. The van der Waals surface area contributed by atoms with Crippen molar-refractivity contribution < 1.29 is 4.79 Å². The Balaban J connectivity index is 0.00000132. The van der Waals surface area contributed by atoms with Crippen molar-refractivity contribution in [2.75, 3.05) is 37.6 Å². The molecule has 1 unspecified atom stereocenters. The van der Waals surface area contributed by atoms with E-state index in [1.54, 1.807) is 6.20 Å². The van der Waals surface area contributed by atoms with Crippen LogP contribution in [0.1, 0.15) is 36.0 Å². The summed E-state index contributed by atoms with van der Waals surface area (Å²) in [6.45, 7) is 4.96. The third-order valence-electron chi connectivity index (χ3n) is 4.44. The van der Waals surface area contributed by atoms with Gasteiger partial charge in [0.15, 0.2) is 0 Å². The molecule has 3 heterocycles. The number of halogens is 2. The van der Waals surface area contributed by atoms with E-state index >= 15 is 0 Å². The molecule has 0 aromatic carbocycles. The van der Waals surface area contributed by atoms with Gasteiger partial charge in [-0.05, 0) is 56.8 Å². The Bertz CT molecular complexity index is 489. The first-order valence-corrected chi connectivity index (χ1v) is 8.03. The zero-order valence-electron chi connectivity index (χ0n) is 13.3. The lowest BCUT2D eigenvalue weighted by Gasteiger charge is -2.19. The van der Waals surface area contributed by atoms with Gasteiger partial charge in [0.2, 0.25) is 0 Å². The molecule has 3 rings (SSSR count). The predicted molar refractivity (Wildman–Crippen MR) is 98.1 cm³/mol. The van der Waals surface area contributed by atoms with Crippen LogP contribution in [0.2, 0.25) is 0 Å². The number of aromatic nitrogens is 1. The van der Waals surface area contributed by atoms with E-state index in [2.05, 4.69) is 20.5 Å². The quantitative estimate of drug-likeness (QED) is 0.845. The molecule has 2 aliphatic rings.